The molecule has 186 valence electrons. The maximum atomic E-state index is 6.27. The first-order chi connectivity index (χ1) is 19.8. The lowest BCUT2D eigenvalue weighted by Crippen LogP contribution is -1.90. The number of furan rings is 2. The van der Waals surface area contributed by atoms with Crippen molar-refractivity contribution in [3.8, 4) is 22.3 Å². The van der Waals surface area contributed by atoms with Crippen LogP contribution in [-0.4, -0.2) is 0 Å². The number of rotatable bonds is 2. The zero-order valence-electron chi connectivity index (χ0n) is 21.5. The Bertz CT molecular complexity index is 2380. The Kier molecular flexibility index (Phi) is 4.36. The predicted molar refractivity (Wildman–Crippen MR) is 167 cm³/mol. The van der Waals surface area contributed by atoms with Crippen molar-refractivity contribution in [3.63, 3.8) is 0 Å². The molecule has 0 aliphatic rings. The fourth-order valence-corrected chi connectivity index (χ4v) is 6.51. The van der Waals surface area contributed by atoms with Crippen molar-refractivity contribution in [2.45, 2.75) is 0 Å². The third-order valence-electron chi connectivity index (χ3n) is 8.31. The Balaban J connectivity index is 1.39. The van der Waals surface area contributed by atoms with Gasteiger partial charge in [0.25, 0.3) is 0 Å². The zero-order chi connectivity index (χ0) is 26.2. The van der Waals surface area contributed by atoms with Crippen molar-refractivity contribution in [1.29, 1.82) is 0 Å². The van der Waals surface area contributed by atoms with E-state index in [1.165, 1.54) is 49.0 Å². The molecule has 0 atom stereocenters. The van der Waals surface area contributed by atoms with Crippen LogP contribution in [0, 0.1) is 0 Å². The first-order valence-electron chi connectivity index (χ1n) is 13.6. The number of fused-ring (bicyclic) bond motifs is 7. The lowest BCUT2D eigenvalue weighted by molar-refractivity contribution is 0.617. The van der Waals surface area contributed by atoms with Gasteiger partial charge in [-0.05, 0) is 67.7 Å². The number of benzene rings is 7. The van der Waals surface area contributed by atoms with E-state index in [0.29, 0.717) is 0 Å². The standard InChI is InChI=1S/C38H22O2/c1-2-10-24-19-25(18-17-23(24)9-1)37-27-12-3-5-14-29(27)38(30-15-6-4-13-28(30)37)33-22-39-35-20-31-26-11-7-8-16-34(26)40-36(31)21-32(33)35/h1-22H. The van der Waals surface area contributed by atoms with Crippen LogP contribution in [0.2, 0.25) is 0 Å². The topological polar surface area (TPSA) is 26.3 Å². The molecular weight excluding hydrogens is 488 g/mol. The van der Waals surface area contributed by atoms with E-state index in [4.69, 9.17) is 8.83 Å². The summed E-state index contributed by atoms with van der Waals surface area (Å²) in [4.78, 5) is 0. The van der Waals surface area contributed by atoms with Crippen molar-refractivity contribution in [1.82, 2.24) is 0 Å². The Hall–Kier alpha value is -5.34. The van der Waals surface area contributed by atoms with Crippen LogP contribution in [0.1, 0.15) is 0 Å². The lowest BCUT2D eigenvalue weighted by Gasteiger charge is -2.17. The molecule has 0 N–H and O–H groups in total. The van der Waals surface area contributed by atoms with Gasteiger partial charge in [-0.1, -0.05) is 103 Å². The van der Waals surface area contributed by atoms with Crippen molar-refractivity contribution in [3.05, 3.63) is 134 Å². The molecule has 40 heavy (non-hydrogen) atoms. The van der Waals surface area contributed by atoms with Gasteiger partial charge in [0.15, 0.2) is 0 Å². The Morgan fingerprint density at radius 1 is 0.375 bits per heavy atom. The Morgan fingerprint density at radius 2 is 0.975 bits per heavy atom. The van der Waals surface area contributed by atoms with Crippen molar-refractivity contribution >= 4 is 65.2 Å². The second kappa shape index (κ2) is 8.08. The van der Waals surface area contributed by atoms with E-state index in [9.17, 15) is 0 Å². The molecule has 0 unspecified atom stereocenters. The van der Waals surface area contributed by atoms with E-state index in [1.807, 2.05) is 24.5 Å². The molecular formula is C38H22O2. The average Bonchev–Trinajstić information content (AvgIpc) is 3.59. The van der Waals surface area contributed by atoms with E-state index >= 15 is 0 Å². The van der Waals surface area contributed by atoms with Crippen molar-refractivity contribution < 1.29 is 8.83 Å². The molecule has 0 amide bonds. The summed E-state index contributed by atoms with van der Waals surface area (Å²) in [5.41, 5.74) is 7.37. The highest BCUT2D eigenvalue weighted by Crippen LogP contribution is 2.46. The van der Waals surface area contributed by atoms with Gasteiger partial charge in [0.1, 0.15) is 16.7 Å². The van der Waals surface area contributed by atoms with Crippen molar-refractivity contribution in [2.75, 3.05) is 0 Å². The molecule has 0 radical (unpaired) electrons. The summed E-state index contributed by atoms with van der Waals surface area (Å²) in [5.74, 6) is 0. The zero-order valence-corrected chi connectivity index (χ0v) is 21.5. The van der Waals surface area contributed by atoms with Crippen LogP contribution in [0.25, 0.3) is 87.5 Å². The Labute approximate surface area is 229 Å². The SMILES string of the molecule is c1ccc2cc(-c3c4ccccc4c(-c4coc5cc6c(cc45)oc4ccccc46)c4ccccc34)ccc2c1. The molecule has 0 saturated carbocycles. The fourth-order valence-electron chi connectivity index (χ4n) is 6.51. The number of hydrogen-bond acceptors (Lipinski definition) is 2. The highest BCUT2D eigenvalue weighted by molar-refractivity contribution is 6.24. The fraction of sp³-hybridized carbons (Fsp3) is 0. The second-order valence-corrected chi connectivity index (χ2v) is 10.5. The first kappa shape index (κ1) is 21.6. The average molecular weight is 511 g/mol. The monoisotopic (exact) mass is 510 g/mol. The first-order valence-corrected chi connectivity index (χ1v) is 13.6. The van der Waals surface area contributed by atoms with Gasteiger partial charge in [-0.25, -0.2) is 0 Å². The molecule has 0 aliphatic carbocycles. The highest BCUT2D eigenvalue weighted by Gasteiger charge is 2.20. The van der Waals surface area contributed by atoms with Crippen LogP contribution in [0.5, 0.6) is 0 Å². The van der Waals surface area contributed by atoms with Gasteiger partial charge in [0.05, 0.1) is 6.26 Å². The highest BCUT2D eigenvalue weighted by atomic mass is 16.3. The summed E-state index contributed by atoms with van der Waals surface area (Å²) in [5, 5.41) is 10.6. The van der Waals surface area contributed by atoms with Gasteiger partial charge in [-0.3, -0.25) is 0 Å². The molecule has 0 aliphatic heterocycles. The molecule has 0 bridgehead atoms. The van der Waals surface area contributed by atoms with Crippen LogP contribution in [0.3, 0.4) is 0 Å². The summed E-state index contributed by atoms with van der Waals surface area (Å²) in [6, 6.07) is 45.3. The molecule has 2 aromatic heterocycles. The van der Waals surface area contributed by atoms with Crippen LogP contribution in [-0.2, 0) is 0 Å². The maximum absolute atomic E-state index is 6.27. The third kappa shape index (κ3) is 2.99. The summed E-state index contributed by atoms with van der Waals surface area (Å²) >= 11 is 0. The van der Waals surface area contributed by atoms with Gasteiger partial charge in [0, 0.05) is 27.3 Å². The third-order valence-corrected chi connectivity index (χ3v) is 8.31. The normalized spacial score (nSPS) is 12.0. The van der Waals surface area contributed by atoms with E-state index in [-0.39, 0.29) is 0 Å². The van der Waals surface area contributed by atoms with Crippen LogP contribution < -0.4 is 0 Å². The largest absolute Gasteiger partial charge is 0.464 e. The van der Waals surface area contributed by atoms with E-state index in [0.717, 1.165) is 38.5 Å². The predicted octanol–water partition coefficient (Wildman–Crippen LogP) is 11.1. The van der Waals surface area contributed by atoms with Crippen LogP contribution in [0.15, 0.2) is 142 Å². The van der Waals surface area contributed by atoms with Crippen molar-refractivity contribution in [2.24, 2.45) is 0 Å². The minimum absolute atomic E-state index is 0.862. The smallest absolute Gasteiger partial charge is 0.136 e. The van der Waals surface area contributed by atoms with E-state index < -0.39 is 0 Å². The summed E-state index contributed by atoms with van der Waals surface area (Å²) in [6.07, 6.45) is 1.91. The second-order valence-electron chi connectivity index (χ2n) is 10.5. The molecule has 9 aromatic rings. The molecule has 0 spiro atoms. The number of hydrogen-bond donors (Lipinski definition) is 0. The molecule has 9 rings (SSSR count). The molecule has 0 saturated heterocycles. The van der Waals surface area contributed by atoms with Gasteiger partial charge >= 0.3 is 0 Å². The van der Waals surface area contributed by atoms with Gasteiger partial charge in [-0.2, -0.15) is 0 Å². The molecule has 0 fully saturated rings. The Morgan fingerprint density at radius 3 is 1.73 bits per heavy atom. The molecule has 7 aromatic carbocycles. The van der Waals surface area contributed by atoms with Gasteiger partial charge < -0.3 is 8.83 Å². The molecule has 2 heterocycles. The maximum Gasteiger partial charge on any atom is 0.136 e. The van der Waals surface area contributed by atoms with E-state index in [2.05, 4.69) is 109 Å². The molecule has 2 nitrogen and oxygen atoms in total. The minimum Gasteiger partial charge on any atom is -0.464 e. The van der Waals surface area contributed by atoms with E-state index in [1.54, 1.807) is 0 Å². The number of para-hydroxylation sites is 1. The van der Waals surface area contributed by atoms with Crippen LogP contribution >= 0.6 is 0 Å². The van der Waals surface area contributed by atoms with Gasteiger partial charge in [-0.15, -0.1) is 0 Å². The summed E-state index contributed by atoms with van der Waals surface area (Å²) in [6.45, 7) is 0. The molecule has 2 heteroatoms. The van der Waals surface area contributed by atoms with Gasteiger partial charge in [0.2, 0.25) is 0 Å². The minimum atomic E-state index is 0.862. The van der Waals surface area contributed by atoms with Crippen LogP contribution in [0.4, 0.5) is 0 Å². The summed E-state index contributed by atoms with van der Waals surface area (Å²) < 4.78 is 12.5. The summed E-state index contributed by atoms with van der Waals surface area (Å²) in [7, 11) is 0. The quantitative estimate of drug-likeness (QED) is 0.216. The lowest BCUT2D eigenvalue weighted by atomic mass is 9.85.